The number of hydrogen-bond acceptors (Lipinski definition) is 5. The highest BCUT2D eigenvalue weighted by Gasteiger charge is 2.21. The van der Waals surface area contributed by atoms with Crippen LogP contribution in [0, 0.1) is 13.8 Å². The fourth-order valence-corrected chi connectivity index (χ4v) is 2.73. The van der Waals surface area contributed by atoms with Crippen LogP contribution in [0.1, 0.15) is 10.4 Å². The van der Waals surface area contributed by atoms with Gasteiger partial charge in [-0.2, -0.15) is 0 Å². The smallest absolute Gasteiger partial charge is 0.226 e. The van der Waals surface area contributed by atoms with E-state index in [1.807, 2.05) is 0 Å². The van der Waals surface area contributed by atoms with Crippen LogP contribution in [0.3, 0.4) is 0 Å². The lowest BCUT2D eigenvalue weighted by molar-refractivity contribution is 0.138. The first-order chi connectivity index (χ1) is 7.75. The molecule has 16 heavy (non-hydrogen) atoms. The number of nitrogens with zero attached hydrogens (tertiary/aromatic N) is 2. The van der Waals surface area contributed by atoms with E-state index in [2.05, 4.69) is 29.1 Å². The number of rotatable bonds is 2. The standard InChI is InChI=1S/C11H13N3OS/c1-6-7(2)16-11-9(6)10(13-5-14-11)15-8-3-12-4-8/h5,8,12H,3-4H2,1-2H3. The zero-order chi connectivity index (χ0) is 11.1. The van der Waals surface area contributed by atoms with Crippen molar-refractivity contribution in [3.63, 3.8) is 0 Å². The fourth-order valence-electron chi connectivity index (χ4n) is 1.74. The van der Waals surface area contributed by atoms with Gasteiger partial charge in [0.15, 0.2) is 0 Å². The van der Waals surface area contributed by atoms with Gasteiger partial charge in [0.2, 0.25) is 5.88 Å². The Morgan fingerprint density at radius 2 is 2.19 bits per heavy atom. The maximum atomic E-state index is 5.85. The van der Waals surface area contributed by atoms with Crippen LogP contribution in [0.25, 0.3) is 10.2 Å². The molecule has 84 valence electrons. The Morgan fingerprint density at radius 3 is 2.88 bits per heavy atom. The zero-order valence-electron chi connectivity index (χ0n) is 9.28. The van der Waals surface area contributed by atoms with Crippen molar-refractivity contribution in [2.45, 2.75) is 20.0 Å². The summed E-state index contributed by atoms with van der Waals surface area (Å²) in [4.78, 5) is 10.8. The Labute approximate surface area is 97.7 Å². The lowest BCUT2D eigenvalue weighted by Crippen LogP contribution is -2.50. The highest BCUT2D eigenvalue weighted by Crippen LogP contribution is 2.34. The number of thiophene rings is 1. The molecule has 0 aromatic carbocycles. The minimum absolute atomic E-state index is 0.262. The highest BCUT2D eigenvalue weighted by atomic mass is 32.1. The topological polar surface area (TPSA) is 47.0 Å². The largest absolute Gasteiger partial charge is 0.471 e. The summed E-state index contributed by atoms with van der Waals surface area (Å²) in [5.74, 6) is 0.735. The second-order valence-corrected chi connectivity index (χ2v) is 5.24. The van der Waals surface area contributed by atoms with Gasteiger partial charge in [-0.1, -0.05) is 0 Å². The lowest BCUT2D eigenvalue weighted by Gasteiger charge is -2.27. The summed E-state index contributed by atoms with van der Waals surface area (Å²) in [6, 6.07) is 0. The van der Waals surface area contributed by atoms with Crippen LogP contribution in [0.5, 0.6) is 5.88 Å². The fraction of sp³-hybridized carbons (Fsp3) is 0.455. The van der Waals surface area contributed by atoms with Crippen molar-refractivity contribution >= 4 is 21.6 Å². The van der Waals surface area contributed by atoms with E-state index in [1.165, 1.54) is 10.4 Å². The van der Waals surface area contributed by atoms with Crippen molar-refractivity contribution in [3.8, 4) is 5.88 Å². The molecule has 0 amide bonds. The molecule has 0 atom stereocenters. The van der Waals surface area contributed by atoms with E-state index in [4.69, 9.17) is 4.74 Å². The van der Waals surface area contributed by atoms with Crippen LogP contribution in [0.15, 0.2) is 6.33 Å². The zero-order valence-corrected chi connectivity index (χ0v) is 10.1. The monoisotopic (exact) mass is 235 g/mol. The van der Waals surface area contributed by atoms with Gasteiger partial charge in [-0.25, -0.2) is 9.97 Å². The molecule has 0 radical (unpaired) electrons. The third-order valence-corrected chi connectivity index (χ3v) is 4.07. The predicted molar refractivity (Wildman–Crippen MR) is 64.2 cm³/mol. The molecule has 3 heterocycles. The van der Waals surface area contributed by atoms with E-state index in [0.717, 1.165) is 29.2 Å². The third-order valence-electron chi connectivity index (χ3n) is 2.95. The van der Waals surface area contributed by atoms with Gasteiger partial charge in [-0.05, 0) is 19.4 Å². The molecule has 1 saturated heterocycles. The average molecular weight is 235 g/mol. The Bertz CT molecular complexity index is 533. The molecular formula is C11H13N3OS. The van der Waals surface area contributed by atoms with Crippen LogP contribution < -0.4 is 10.1 Å². The molecule has 1 aliphatic heterocycles. The average Bonchev–Trinajstić information content (AvgIpc) is 2.50. The number of aryl methyl sites for hydroxylation is 2. The molecule has 0 bridgehead atoms. The first kappa shape index (κ1) is 9.99. The number of ether oxygens (including phenoxy) is 1. The summed E-state index contributed by atoms with van der Waals surface area (Å²) in [6.07, 6.45) is 1.84. The quantitative estimate of drug-likeness (QED) is 0.860. The molecule has 0 spiro atoms. The molecule has 4 nitrogen and oxygen atoms in total. The van der Waals surface area contributed by atoms with Gasteiger partial charge in [0.25, 0.3) is 0 Å². The Hall–Kier alpha value is -1.20. The van der Waals surface area contributed by atoms with Crippen LogP contribution in [0.2, 0.25) is 0 Å². The van der Waals surface area contributed by atoms with E-state index in [0.29, 0.717) is 0 Å². The van der Waals surface area contributed by atoms with Crippen LogP contribution in [-0.4, -0.2) is 29.2 Å². The maximum Gasteiger partial charge on any atom is 0.226 e. The molecule has 5 heteroatoms. The second-order valence-electron chi connectivity index (χ2n) is 4.04. The van der Waals surface area contributed by atoms with Crippen LogP contribution in [-0.2, 0) is 0 Å². The predicted octanol–water partition coefficient (Wildman–Crippen LogP) is 1.66. The number of nitrogens with one attached hydrogen (secondary N) is 1. The minimum Gasteiger partial charge on any atom is -0.471 e. The number of aromatic nitrogens is 2. The summed E-state index contributed by atoms with van der Waals surface area (Å²) in [5, 5.41) is 4.26. The van der Waals surface area contributed by atoms with Gasteiger partial charge in [0.1, 0.15) is 17.3 Å². The van der Waals surface area contributed by atoms with Crippen molar-refractivity contribution < 1.29 is 4.74 Å². The summed E-state index contributed by atoms with van der Waals surface area (Å²) in [5.41, 5.74) is 1.24. The van der Waals surface area contributed by atoms with Crippen LogP contribution >= 0.6 is 11.3 Å². The van der Waals surface area contributed by atoms with Gasteiger partial charge >= 0.3 is 0 Å². The van der Waals surface area contributed by atoms with Crippen molar-refractivity contribution in [2.24, 2.45) is 0 Å². The van der Waals surface area contributed by atoms with Gasteiger partial charge in [-0.3, -0.25) is 0 Å². The summed E-state index contributed by atoms with van der Waals surface area (Å²) < 4.78 is 5.85. The highest BCUT2D eigenvalue weighted by molar-refractivity contribution is 7.18. The first-order valence-electron chi connectivity index (χ1n) is 5.34. The summed E-state index contributed by atoms with van der Waals surface area (Å²) in [6.45, 7) is 6.03. The molecule has 0 unspecified atom stereocenters. The van der Waals surface area contributed by atoms with Crippen LogP contribution in [0.4, 0.5) is 0 Å². The molecule has 1 N–H and O–H groups in total. The van der Waals surface area contributed by atoms with E-state index in [9.17, 15) is 0 Å². The molecule has 3 rings (SSSR count). The molecule has 0 aliphatic carbocycles. The van der Waals surface area contributed by atoms with Crippen molar-refractivity contribution in [1.29, 1.82) is 0 Å². The Balaban J connectivity index is 2.08. The number of hydrogen-bond donors (Lipinski definition) is 1. The van der Waals surface area contributed by atoms with Gasteiger partial charge < -0.3 is 10.1 Å². The molecule has 1 aliphatic rings. The second kappa shape index (κ2) is 3.68. The number of fused-ring (bicyclic) bond motifs is 1. The molecular weight excluding hydrogens is 222 g/mol. The van der Waals surface area contributed by atoms with Crippen molar-refractivity contribution in [1.82, 2.24) is 15.3 Å². The van der Waals surface area contributed by atoms with E-state index in [-0.39, 0.29) is 6.10 Å². The first-order valence-corrected chi connectivity index (χ1v) is 6.15. The third kappa shape index (κ3) is 1.47. The lowest BCUT2D eigenvalue weighted by atomic mass is 10.2. The molecule has 2 aromatic rings. The van der Waals surface area contributed by atoms with E-state index < -0.39 is 0 Å². The van der Waals surface area contributed by atoms with Gasteiger partial charge in [0.05, 0.1) is 5.39 Å². The minimum atomic E-state index is 0.262. The van der Waals surface area contributed by atoms with Gasteiger partial charge in [0, 0.05) is 18.0 Å². The van der Waals surface area contributed by atoms with Crippen molar-refractivity contribution in [2.75, 3.05) is 13.1 Å². The molecule has 2 aromatic heterocycles. The summed E-state index contributed by atoms with van der Waals surface area (Å²) >= 11 is 1.70. The molecule has 1 fully saturated rings. The normalized spacial score (nSPS) is 16.4. The van der Waals surface area contributed by atoms with E-state index in [1.54, 1.807) is 17.7 Å². The van der Waals surface area contributed by atoms with E-state index >= 15 is 0 Å². The van der Waals surface area contributed by atoms with Gasteiger partial charge in [-0.15, -0.1) is 11.3 Å². The SMILES string of the molecule is Cc1sc2ncnc(OC3CNC3)c2c1C. The maximum absolute atomic E-state index is 5.85. The Kier molecular flexibility index (Phi) is 2.29. The summed E-state index contributed by atoms with van der Waals surface area (Å²) in [7, 11) is 0. The Morgan fingerprint density at radius 1 is 1.38 bits per heavy atom. The van der Waals surface area contributed by atoms with Crippen molar-refractivity contribution in [3.05, 3.63) is 16.8 Å². The molecule has 0 saturated carbocycles.